The smallest absolute Gasteiger partial charge is 0.264 e. The molecule has 0 aromatic heterocycles. The van der Waals surface area contributed by atoms with Crippen molar-refractivity contribution in [3.05, 3.63) is 95.0 Å². The zero-order valence-corrected chi connectivity index (χ0v) is 17.6. The Morgan fingerprint density at radius 1 is 0.931 bits per heavy atom. The first kappa shape index (κ1) is 20.9. The van der Waals surface area contributed by atoms with Gasteiger partial charge in [0.1, 0.15) is 4.90 Å². The number of rotatable bonds is 6. The normalized spacial score (nSPS) is 12.2. The highest BCUT2D eigenvalue weighted by Gasteiger charge is 2.27. The van der Waals surface area contributed by atoms with Gasteiger partial charge in [0.25, 0.3) is 15.9 Å². The van der Waals surface area contributed by atoms with Crippen molar-refractivity contribution >= 4 is 33.2 Å². The molecule has 29 heavy (non-hydrogen) atoms. The van der Waals surface area contributed by atoms with E-state index < -0.39 is 15.9 Å². The summed E-state index contributed by atoms with van der Waals surface area (Å²) in [4.78, 5) is 12.9. The number of carbonyl (C=O) groups is 1. The van der Waals surface area contributed by atoms with E-state index in [9.17, 15) is 13.2 Å². The molecular weight excluding hydrogens is 408 g/mol. The fraction of sp³-hybridized carbons (Fsp3) is 0.136. The molecule has 3 rings (SSSR count). The zero-order chi connectivity index (χ0) is 21.0. The molecular formula is C22H21ClN2O3S. The lowest BCUT2D eigenvalue weighted by molar-refractivity contribution is 0.0936. The van der Waals surface area contributed by atoms with E-state index in [1.807, 2.05) is 25.1 Å². The van der Waals surface area contributed by atoms with Gasteiger partial charge >= 0.3 is 0 Å². The second-order valence-corrected chi connectivity index (χ2v) is 8.93. The Hall–Kier alpha value is -2.83. The molecule has 0 radical (unpaired) electrons. The Balaban J connectivity index is 1.90. The van der Waals surface area contributed by atoms with Crippen LogP contribution in [0.3, 0.4) is 0 Å². The Kier molecular flexibility index (Phi) is 6.25. The van der Waals surface area contributed by atoms with Crippen LogP contribution in [0.25, 0.3) is 0 Å². The maximum atomic E-state index is 13.2. The molecule has 3 aromatic carbocycles. The summed E-state index contributed by atoms with van der Waals surface area (Å²) in [6, 6.07) is 21.7. The molecule has 1 unspecified atom stereocenters. The lowest BCUT2D eigenvalue weighted by atomic mass is 10.1. The minimum absolute atomic E-state index is 0.0489. The number of halogens is 1. The molecule has 5 nitrogen and oxygen atoms in total. The number of nitrogens with zero attached hydrogens (tertiary/aromatic N) is 1. The van der Waals surface area contributed by atoms with Crippen LogP contribution in [0.2, 0.25) is 5.02 Å². The van der Waals surface area contributed by atoms with E-state index in [1.54, 1.807) is 48.5 Å². The highest BCUT2D eigenvalue weighted by molar-refractivity contribution is 7.92. The SMILES string of the molecule is CC(NC(=O)c1ccccc1S(=O)(=O)N(C)c1ccccc1)c1ccc(Cl)cc1. The number of carbonyl (C=O) groups excluding carboxylic acids is 1. The largest absolute Gasteiger partial charge is 0.345 e. The first-order valence-corrected chi connectivity index (χ1v) is 10.8. The average molecular weight is 429 g/mol. The summed E-state index contributed by atoms with van der Waals surface area (Å²) in [5.41, 5.74) is 1.47. The van der Waals surface area contributed by atoms with Crippen LogP contribution >= 0.6 is 11.6 Å². The van der Waals surface area contributed by atoms with Gasteiger partial charge in [-0.1, -0.05) is 54.1 Å². The van der Waals surface area contributed by atoms with Crippen LogP contribution in [-0.2, 0) is 10.0 Å². The van der Waals surface area contributed by atoms with Gasteiger partial charge in [-0.25, -0.2) is 8.42 Å². The summed E-state index contributed by atoms with van der Waals surface area (Å²) in [6.45, 7) is 1.83. The lowest BCUT2D eigenvalue weighted by Crippen LogP contribution is -2.31. The standard InChI is InChI=1S/C22H21ClN2O3S/c1-16(17-12-14-18(23)15-13-17)24-22(26)20-10-6-7-11-21(20)29(27,28)25(2)19-8-4-3-5-9-19/h3-16H,1-2H3,(H,24,26). The molecule has 0 saturated carbocycles. The van der Waals surface area contributed by atoms with Crippen molar-refractivity contribution in [1.82, 2.24) is 5.32 Å². The topological polar surface area (TPSA) is 66.5 Å². The molecule has 7 heteroatoms. The van der Waals surface area contributed by atoms with Crippen LogP contribution in [-0.4, -0.2) is 21.4 Å². The van der Waals surface area contributed by atoms with Crippen LogP contribution in [0.1, 0.15) is 28.9 Å². The first-order chi connectivity index (χ1) is 13.8. The maximum absolute atomic E-state index is 13.2. The van der Waals surface area contributed by atoms with E-state index in [0.717, 1.165) is 5.56 Å². The minimum atomic E-state index is -3.92. The predicted octanol–water partition coefficient (Wildman–Crippen LogP) is 4.66. The molecule has 0 fully saturated rings. The molecule has 1 amide bonds. The predicted molar refractivity (Wildman–Crippen MR) is 116 cm³/mol. The van der Waals surface area contributed by atoms with Gasteiger partial charge in [0.15, 0.2) is 0 Å². The second-order valence-electron chi connectivity index (χ2n) is 6.55. The van der Waals surface area contributed by atoms with E-state index in [4.69, 9.17) is 11.6 Å². The van der Waals surface area contributed by atoms with E-state index in [1.165, 1.54) is 23.5 Å². The molecule has 150 valence electrons. The van der Waals surface area contributed by atoms with E-state index >= 15 is 0 Å². The van der Waals surface area contributed by atoms with Crippen LogP contribution in [0.4, 0.5) is 5.69 Å². The van der Waals surface area contributed by atoms with Gasteiger partial charge in [-0.2, -0.15) is 0 Å². The Bertz CT molecular complexity index is 1100. The second kappa shape index (κ2) is 8.68. The average Bonchev–Trinajstić information content (AvgIpc) is 2.74. The highest BCUT2D eigenvalue weighted by atomic mass is 35.5. The fourth-order valence-corrected chi connectivity index (χ4v) is 4.42. The molecule has 0 bridgehead atoms. The summed E-state index contributed by atoms with van der Waals surface area (Å²) in [5, 5.41) is 3.46. The van der Waals surface area contributed by atoms with Crippen LogP contribution in [0.15, 0.2) is 83.8 Å². The van der Waals surface area contributed by atoms with Gasteiger partial charge in [0.2, 0.25) is 0 Å². The highest BCUT2D eigenvalue weighted by Crippen LogP contribution is 2.25. The Labute approximate surface area is 176 Å². The summed E-state index contributed by atoms with van der Waals surface area (Å²) in [6.07, 6.45) is 0. The lowest BCUT2D eigenvalue weighted by Gasteiger charge is -2.22. The summed E-state index contributed by atoms with van der Waals surface area (Å²) in [5.74, 6) is -0.465. The number of para-hydroxylation sites is 1. The summed E-state index contributed by atoms with van der Waals surface area (Å²) < 4.78 is 27.5. The number of sulfonamides is 1. The van der Waals surface area contributed by atoms with E-state index in [2.05, 4.69) is 5.32 Å². The summed E-state index contributed by atoms with van der Waals surface area (Å²) >= 11 is 5.91. The number of hydrogen-bond donors (Lipinski definition) is 1. The van der Waals surface area contributed by atoms with Crippen molar-refractivity contribution in [2.75, 3.05) is 11.4 Å². The number of amides is 1. The van der Waals surface area contributed by atoms with Crippen molar-refractivity contribution in [3.8, 4) is 0 Å². The molecule has 0 heterocycles. The third-order valence-corrected chi connectivity index (χ3v) is 6.70. The molecule has 3 aromatic rings. The van der Waals surface area contributed by atoms with Gasteiger partial charge in [-0.3, -0.25) is 9.10 Å². The molecule has 0 aliphatic carbocycles. The first-order valence-electron chi connectivity index (χ1n) is 9.00. The maximum Gasteiger partial charge on any atom is 0.264 e. The molecule has 0 aliphatic rings. The fourth-order valence-electron chi connectivity index (χ4n) is 2.91. The van der Waals surface area contributed by atoms with Gasteiger partial charge in [0.05, 0.1) is 17.3 Å². The van der Waals surface area contributed by atoms with E-state index in [-0.39, 0.29) is 16.5 Å². The van der Waals surface area contributed by atoms with Crippen molar-refractivity contribution in [1.29, 1.82) is 0 Å². The molecule has 0 aliphatic heterocycles. The van der Waals surface area contributed by atoms with Crippen molar-refractivity contribution in [2.24, 2.45) is 0 Å². The Morgan fingerprint density at radius 2 is 1.52 bits per heavy atom. The van der Waals surface area contributed by atoms with E-state index in [0.29, 0.717) is 10.7 Å². The van der Waals surface area contributed by atoms with Crippen molar-refractivity contribution < 1.29 is 13.2 Å². The van der Waals surface area contributed by atoms with Crippen LogP contribution in [0, 0.1) is 0 Å². The molecule has 1 atom stereocenters. The molecule has 0 saturated heterocycles. The molecule has 0 spiro atoms. The minimum Gasteiger partial charge on any atom is -0.345 e. The quantitative estimate of drug-likeness (QED) is 0.621. The third kappa shape index (κ3) is 4.60. The number of anilines is 1. The van der Waals surface area contributed by atoms with Crippen LogP contribution in [0.5, 0.6) is 0 Å². The zero-order valence-electron chi connectivity index (χ0n) is 16.0. The van der Waals surface area contributed by atoms with Crippen molar-refractivity contribution in [3.63, 3.8) is 0 Å². The monoisotopic (exact) mass is 428 g/mol. The summed E-state index contributed by atoms with van der Waals surface area (Å²) in [7, 11) is -2.45. The number of hydrogen-bond acceptors (Lipinski definition) is 3. The van der Waals surface area contributed by atoms with Crippen LogP contribution < -0.4 is 9.62 Å². The van der Waals surface area contributed by atoms with Gasteiger partial charge in [-0.05, 0) is 48.9 Å². The van der Waals surface area contributed by atoms with Gasteiger partial charge in [-0.15, -0.1) is 0 Å². The van der Waals surface area contributed by atoms with Gasteiger partial charge in [0, 0.05) is 12.1 Å². The molecule has 1 N–H and O–H groups in total. The number of nitrogens with one attached hydrogen (secondary N) is 1. The van der Waals surface area contributed by atoms with Crippen molar-refractivity contribution in [2.45, 2.75) is 17.9 Å². The number of benzene rings is 3. The van der Waals surface area contributed by atoms with Gasteiger partial charge < -0.3 is 5.32 Å². The Morgan fingerprint density at radius 3 is 2.17 bits per heavy atom. The third-order valence-electron chi connectivity index (χ3n) is 4.61.